The largest absolute Gasteiger partial charge is 0.454 e. The highest BCUT2D eigenvalue weighted by atomic mass is 16.7. The number of anilines is 3. The molecule has 2 N–H and O–H groups in total. The molecule has 132 valence electrons. The molecule has 1 aliphatic heterocycles. The normalized spacial score (nSPS) is 11.5. The Morgan fingerprint density at radius 1 is 0.963 bits per heavy atom. The number of carbonyl (C=O) groups excluding carboxylic acids is 1. The molecule has 0 unspecified atom stereocenters. The zero-order valence-corrected chi connectivity index (χ0v) is 14.1. The maximum atomic E-state index is 12.5. The van der Waals surface area contributed by atoms with Crippen molar-refractivity contribution in [2.45, 2.75) is 0 Å². The summed E-state index contributed by atoms with van der Waals surface area (Å²) in [4.78, 5) is 16.6. The first kappa shape index (κ1) is 16.4. The number of rotatable bonds is 4. The van der Waals surface area contributed by atoms with Gasteiger partial charge in [-0.25, -0.2) is 0 Å². The van der Waals surface area contributed by atoms with Gasteiger partial charge in [0.05, 0.1) is 11.6 Å². The Balaban J connectivity index is 1.48. The van der Waals surface area contributed by atoms with E-state index in [9.17, 15) is 4.79 Å². The van der Waals surface area contributed by atoms with Gasteiger partial charge in [-0.3, -0.25) is 9.78 Å². The number of nitrogens with one attached hydrogen (secondary N) is 2. The van der Waals surface area contributed by atoms with Crippen LogP contribution in [0.1, 0.15) is 16.1 Å². The molecule has 0 bridgehead atoms. The number of ether oxygens (including phenoxy) is 2. The second-order valence-corrected chi connectivity index (χ2v) is 5.77. The number of fused-ring (bicyclic) bond motifs is 1. The molecular formula is C20H14N4O3. The van der Waals surface area contributed by atoms with Gasteiger partial charge in [0.1, 0.15) is 5.69 Å². The van der Waals surface area contributed by atoms with E-state index < -0.39 is 0 Å². The van der Waals surface area contributed by atoms with Crippen LogP contribution < -0.4 is 20.1 Å². The summed E-state index contributed by atoms with van der Waals surface area (Å²) in [6.07, 6.45) is 1.56. The fraction of sp³-hybridized carbons (Fsp3) is 0.0500. The second kappa shape index (κ2) is 7.06. The molecule has 0 spiro atoms. The average molecular weight is 358 g/mol. The van der Waals surface area contributed by atoms with Gasteiger partial charge in [-0.2, -0.15) is 5.26 Å². The number of hydrogen-bond acceptors (Lipinski definition) is 6. The molecule has 0 saturated carbocycles. The number of amides is 1. The van der Waals surface area contributed by atoms with Crippen LogP contribution in [-0.2, 0) is 0 Å². The Kier molecular flexibility index (Phi) is 4.29. The topological polar surface area (TPSA) is 96.3 Å². The van der Waals surface area contributed by atoms with Crippen molar-refractivity contribution in [2.24, 2.45) is 0 Å². The number of pyridine rings is 1. The summed E-state index contributed by atoms with van der Waals surface area (Å²) in [6, 6.07) is 17.7. The summed E-state index contributed by atoms with van der Waals surface area (Å²) in [5.74, 6) is 0.911. The predicted octanol–water partition coefficient (Wildman–Crippen LogP) is 3.68. The van der Waals surface area contributed by atoms with Crippen LogP contribution in [0.4, 0.5) is 17.1 Å². The third-order valence-corrected chi connectivity index (χ3v) is 3.93. The lowest BCUT2D eigenvalue weighted by atomic mass is 10.2. The van der Waals surface area contributed by atoms with Crippen LogP contribution in [0.3, 0.4) is 0 Å². The fourth-order valence-electron chi connectivity index (χ4n) is 2.60. The third-order valence-electron chi connectivity index (χ3n) is 3.93. The number of aromatic nitrogens is 1. The summed E-state index contributed by atoms with van der Waals surface area (Å²) < 4.78 is 10.6. The molecular weight excluding hydrogens is 344 g/mol. The van der Waals surface area contributed by atoms with Crippen LogP contribution in [-0.4, -0.2) is 17.7 Å². The molecule has 2 heterocycles. The van der Waals surface area contributed by atoms with Crippen LogP contribution in [0.5, 0.6) is 11.5 Å². The smallest absolute Gasteiger partial charge is 0.274 e. The van der Waals surface area contributed by atoms with E-state index in [1.165, 1.54) is 0 Å². The molecule has 1 amide bonds. The van der Waals surface area contributed by atoms with Gasteiger partial charge < -0.3 is 20.1 Å². The zero-order chi connectivity index (χ0) is 18.6. The van der Waals surface area contributed by atoms with Gasteiger partial charge in [0, 0.05) is 29.3 Å². The van der Waals surface area contributed by atoms with Gasteiger partial charge in [-0.15, -0.1) is 0 Å². The number of benzene rings is 2. The molecule has 1 aliphatic rings. The maximum absolute atomic E-state index is 12.5. The molecule has 3 aromatic rings. The van der Waals surface area contributed by atoms with Crippen molar-refractivity contribution in [1.29, 1.82) is 5.26 Å². The van der Waals surface area contributed by atoms with Gasteiger partial charge in [0.2, 0.25) is 6.79 Å². The summed E-state index contributed by atoms with van der Waals surface area (Å²) in [7, 11) is 0. The van der Waals surface area contributed by atoms with Gasteiger partial charge >= 0.3 is 0 Å². The van der Waals surface area contributed by atoms with E-state index in [-0.39, 0.29) is 18.4 Å². The summed E-state index contributed by atoms with van der Waals surface area (Å²) in [5, 5.41) is 14.8. The first-order valence-corrected chi connectivity index (χ1v) is 8.15. The molecule has 7 nitrogen and oxygen atoms in total. The Hall–Kier alpha value is -4.05. The standard InChI is InChI=1S/C20H14N4O3/c21-11-13-1-3-14(4-2-13)23-16-7-8-22-17(9-16)20(25)24-15-5-6-18-19(10-15)27-12-26-18/h1-10H,12H2,(H,22,23)(H,24,25). The van der Waals surface area contributed by atoms with E-state index in [1.807, 2.05) is 0 Å². The lowest BCUT2D eigenvalue weighted by molar-refractivity contribution is 0.102. The SMILES string of the molecule is N#Cc1ccc(Nc2ccnc(C(=O)Nc3ccc4c(c3)OCO4)c2)cc1. The highest BCUT2D eigenvalue weighted by Crippen LogP contribution is 2.34. The quantitative estimate of drug-likeness (QED) is 0.738. The van der Waals surface area contributed by atoms with Crippen molar-refractivity contribution in [1.82, 2.24) is 4.98 Å². The first-order valence-electron chi connectivity index (χ1n) is 8.15. The first-order chi connectivity index (χ1) is 13.2. The Bertz CT molecular complexity index is 1040. The Morgan fingerprint density at radius 2 is 1.74 bits per heavy atom. The molecule has 0 atom stereocenters. The van der Waals surface area contributed by atoms with Crippen molar-refractivity contribution in [3.8, 4) is 17.6 Å². The number of carbonyl (C=O) groups is 1. The summed E-state index contributed by atoms with van der Waals surface area (Å²) in [6.45, 7) is 0.178. The summed E-state index contributed by atoms with van der Waals surface area (Å²) in [5.41, 5.74) is 2.97. The van der Waals surface area contributed by atoms with Crippen LogP contribution in [0.2, 0.25) is 0 Å². The Morgan fingerprint density at radius 3 is 2.56 bits per heavy atom. The minimum Gasteiger partial charge on any atom is -0.454 e. The van der Waals surface area contributed by atoms with Crippen LogP contribution >= 0.6 is 0 Å². The number of nitrogens with zero attached hydrogens (tertiary/aromatic N) is 2. The van der Waals surface area contributed by atoms with Gasteiger partial charge in [0.15, 0.2) is 11.5 Å². The number of nitriles is 1. The average Bonchev–Trinajstić information content (AvgIpc) is 3.16. The van der Waals surface area contributed by atoms with Crippen molar-refractivity contribution in [3.05, 3.63) is 72.1 Å². The van der Waals surface area contributed by atoms with Gasteiger partial charge in [-0.05, 0) is 48.5 Å². The molecule has 0 fully saturated rings. The van der Waals surface area contributed by atoms with Gasteiger partial charge in [-0.1, -0.05) is 0 Å². The molecule has 7 heteroatoms. The van der Waals surface area contributed by atoms with Crippen LogP contribution in [0, 0.1) is 11.3 Å². The van der Waals surface area contributed by atoms with E-state index in [4.69, 9.17) is 14.7 Å². The molecule has 0 aliphatic carbocycles. The number of hydrogen-bond donors (Lipinski definition) is 2. The minimum absolute atomic E-state index is 0.178. The third kappa shape index (κ3) is 3.65. The van der Waals surface area contributed by atoms with E-state index in [0.29, 0.717) is 28.4 Å². The molecule has 2 aromatic carbocycles. The zero-order valence-electron chi connectivity index (χ0n) is 14.1. The lowest BCUT2D eigenvalue weighted by Gasteiger charge is -2.09. The van der Waals surface area contributed by atoms with E-state index >= 15 is 0 Å². The van der Waals surface area contributed by atoms with E-state index in [0.717, 1.165) is 5.69 Å². The predicted molar refractivity (Wildman–Crippen MR) is 99.2 cm³/mol. The van der Waals surface area contributed by atoms with Crippen molar-refractivity contribution in [3.63, 3.8) is 0 Å². The maximum Gasteiger partial charge on any atom is 0.274 e. The van der Waals surface area contributed by atoms with Crippen molar-refractivity contribution >= 4 is 23.0 Å². The van der Waals surface area contributed by atoms with Gasteiger partial charge in [0.25, 0.3) is 5.91 Å². The fourth-order valence-corrected chi connectivity index (χ4v) is 2.60. The summed E-state index contributed by atoms with van der Waals surface area (Å²) >= 11 is 0. The highest BCUT2D eigenvalue weighted by molar-refractivity contribution is 6.03. The lowest BCUT2D eigenvalue weighted by Crippen LogP contribution is -2.13. The molecule has 0 radical (unpaired) electrons. The molecule has 0 saturated heterocycles. The monoisotopic (exact) mass is 358 g/mol. The van der Waals surface area contributed by atoms with Crippen LogP contribution in [0.25, 0.3) is 0 Å². The van der Waals surface area contributed by atoms with E-state index in [1.54, 1.807) is 60.8 Å². The Labute approximate surface area is 155 Å². The second-order valence-electron chi connectivity index (χ2n) is 5.77. The van der Waals surface area contributed by atoms with Crippen LogP contribution in [0.15, 0.2) is 60.8 Å². The highest BCUT2D eigenvalue weighted by Gasteiger charge is 2.15. The van der Waals surface area contributed by atoms with Crippen molar-refractivity contribution < 1.29 is 14.3 Å². The minimum atomic E-state index is -0.336. The molecule has 27 heavy (non-hydrogen) atoms. The van der Waals surface area contributed by atoms with E-state index in [2.05, 4.69) is 21.7 Å². The molecule has 4 rings (SSSR count). The molecule has 1 aromatic heterocycles. The van der Waals surface area contributed by atoms with Crippen molar-refractivity contribution in [2.75, 3.05) is 17.4 Å².